The van der Waals surface area contributed by atoms with Gasteiger partial charge in [-0.1, -0.05) is 11.6 Å². The molecule has 2 fully saturated rings. The minimum atomic E-state index is -0.0372. The third kappa shape index (κ3) is 3.31. The summed E-state index contributed by atoms with van der Waals surface area (Å²) in [6, 6.07) is 3.22. The zero-order chi connectivity index (χ0) is 15.7. The van der Waals surface area contributed by atoms with E-state index in [4.69, 9.17) is 22.1 Å². The third-order valence-electron chi connectivity index (χ3n) is 4.42. The summed E-state index contributed by atoms with van der Waals surface area (Å²) in [4.78, 5) is 17.0. The van der Waals surface area contributed by atoms with Gasteiger partial charge in [0.1, 0.15) is 5.75 Å². The Morgan fingerprint density at radius 3 is 2.59 bits per heavy atom. The van der Waals surface area contributed by atoms with Crippen molar-refractivity contribution in [3.8, 4) is 5.75 Å². The Hall–Kier alpha value is -1.46. The maximum atomic E-state index is 12.7. The highest BCUT2D eigenvalue weighted by Gasteiger charge is 2.29. The number of methoxy groups -OCH3 is 1. The van der Waals surface area contributed by atoms with E-state index in [0.717, 1.165) is 32.1 Å². The summed E-state index contributed by atoms with van der Waals surface area (Å²) in [5, 5.41) is 0.386. The van der Waals surface area contributed by atoms with Gasteiger partial charge in [-0.2, -0.15) is 0 Å². The van der Waals surface area contributed by atoms with Crippen molar-refractivity contribution in [2.75, 3.05) is 45.6 Å². The van der Waals surface area contributed by atoms with Gasteiger partial charge >= 0.3 is 0 Å². The van der Waals surface area contributed by atoms with Crippen LogP contribution >= 0.6 is 11.6 Å². The Morgan fingerprint density at radius 2 is 2.00 bits per heavy atom. The van der Waals surface area contributed by atoms with Crippen LogP contribution in [0, 0.1) is 5.92 Å². The molecule has 3 rings (SSSR count). The van der Waals surface area contributed by atoms with Crippen LogP contribution in [0.4, 0.5) is 5.69 Å². The van der Waals surface area contributed by atoms with Crippen LogP contribution in [0.25, 0.3) is 0 Å². The largest absolute Gasteiger partial charge is 0.496 e. The molecule has 1 aromatic carbocycles. The number of nitrogen functional groups attached to an aromatic ring is 1. The average molecular weight is 324 g/mol. The Bertz CT molecular complexity index is 567. The standard InChI is InChI=1S/C16H22ClN3O2/c1-22-15-9-14(18)13(17)8-12(15)16(21)20-6-4-19(5-7-20)10-11-2-3-11/h8-9,11H,2-7,10,18H2,1H3. The molecule has 0 bridgehead atoms. The third-order valence-corrected chi connectivity index (χ3v) is 4.75. The molecule has 1 heterocycles. The molecule has 0 spiro atoms. The maximum Gasteiger partial charge on any atom is 0.257 e. The minimum Gasteiger partial charge on any atom is -0.496 e. The fourth-order valence-corrected chi connectivity index (χ4v) is 3.04. The molecule has 0 atom stereocenters. The fraction of sp³-hybridized carbons (Fsp3) is 0.562. The second-order valence-electron chi connectivity index (χ2n) is 6.11. The molecule has 22 heavy (non-hydrogen) atoms. The molecule has 1 saturated carbocycles. The molecule has 2 aliphatic rings. The predicted molar refractivity (Wildman–Crippen MR) is 87.5 cm³/mol. The number of nitrogens with two attached hydrogens (primary N) is 1. The van der Waals surface area contributed by atoms with E-state index in [9.17, 15) is 4.79 Å². The van der Waals surface area contributed by atoms with Crippen molar-refractivity contribution in [2.24, 2.45) is 5.92 Å². The van der Waals surface area contributed by atoms with Gasteiger partial charge in [-0.3, -0.25) is 9.69 Å². The number of ether oxygens (including phenoxy) is 1. The first-order valence-corrected chi connectivity index (χ1v) is 8.11. The Labute approximate surface area is 136 Å². The number of nitrogens with zero attached hydrogens (tertiary/aromatic N) is 2. The number of hydrogen-bond donors (Lipinski definition) is 1. The molecular weight excluding hydrogens is 302 g/mol. The summed E-state index contributed by atoms with van der Waals surface area (Å²) in [7, 11) is 1.53. The molecule has 0 radical (unpaired) electrons. The predicted octanol–water partition coefficient (Wildman–Crippen LogP) is 2.10. The van der Waals surface area contributed by atoms with Crippen molar-refractivity contribution in [1.29, 1.82) is 0 Å². The lowest BCUT2D eigenvalue weighted by Crippen LogP contribution is -2.49. The highest BCUT2D eigenvalue weighted by molar-refractivity contribution is 6.33. The normalized spacial score (nSPS) is 19.3. The van der Waals surface area contributed by atoms with Gasteiger partial charge in [-0.25, -0.2) is 0 Å². The van der Waals surface area contributed by atoms with E-state index < -0.39 is 0 Å². The van der Waals surface area contributed by atoms with Crippen LogP contribution in [0.1, 0.15) is 23.2 Å². The second kappa shape index (κ2) is 6.34. The number of hydrogen-bond acceptors (Lipinski definition) is 4. The van der Waals surface area contributed by atoms with Crippen molar-refractivity contribution in [3.05, 3.63) is 22.7 Å². The molecule has 1 aliphatic carbocycles. The van der Waals surface area contributed by atoms with Crippen molar-refractivity contribution in [1.82, 2.24) is 9.80 Å². The summed E-state index contributed by atoms with van der Waals surface area (Å²) >= 11 is 6.05. The van der Waals surface area contributed by atoms with E-state index in [1.165, 1.54) is 26.5 Å². The molecule has 120 valence electrons. The van der Waals surface area contributed by atoms with Crippen molar-refractivity contribution >= 4 is 23.2 Å². The Morgan fingerprint density at radius 1 is 1.32 bits per heavy atom. The number of carbonyl (C=O) groups excluding carboxylic acids is 1. The van der Waals surface area contributed by atoms with Crippen LogP contribution in [-0.2, 0) is 0 Å². The number of rotatable bonds is 4. The van der Waals surface area contributed by atoms with Crippen LogP contribution in [-0.4, -0.2) is 55.5 Å². The quantitative estimate of drug-likeness (QED) is 0.862. The summed E-state index contributed by atoms with van der Waals surface area (Å²) < 4.78 is 5.28. The lowest BCUT2D eigenvalue weighted by atomic mass is 10.1. The summed E-state index contributed by atoms with van der Waals surface area (Å²) in [6.07, 6.45) is 2.72. The van der Waals surface area contributed by atoms with Crippen molar-refractivity contribution in [2.45, 2.75) is 12.8 Å². The highest BCUT2D eigenvalue weighted by Crippen LogP contribution is 2.31. The van der Waals surface area contributed by atoms with Gasteiger partial charge < -0.3 is 15.4 Å². The molecule has 0 aromatic heterocycles. The number of anilines is 1. The van der Waals surface area contributed by atoms with Crippen LogP contribution in [0.5, 0.6) is 5.75 Å². The molecule has 2 N–H and O–H groups in total. The molecular formula is C16H22ClN3O2. The molecule has 1 aromatic rings. The Balaban J connectivity index is 1.67. The van der Waals surface area contributed by atoms with E-state index in [2.05, 4.69) is 4.90 Å². The average Bonchev–Trinajstić information content (AvgIpc) is 3.33. The summed E-state index contributed by atoms with van der Waals surface area (Å²) in [6.45, 7) is 4.55. The lowest BCUT2D eigenvalue weighted by Gasteiger charge is -2.35. The van der Waals surface area contributed by atoms with Gasteiger partial charge in [0.25, 0.3) is 5.91 Å². The smallest absolute Gasteiger partial charge is 0.257 e. The summed E-state index contributed by atoms with van der Waals surface area (Å²) in [5.41, 5.74) is 6.67. The maximum absolute atomic E-state index is 12.7. The molecule has 1 aliphatic heterocycles. The monoisotopic (exact) mass is 323 g/mol. The molecule has 0 unspecified atom stereocenters. The van der Waals surface area contributed by atoms with Gasteiger partial charge in [0.2, 0.25) is 0 Å². The second-order valence-corrected chi connectivity index (χ2v) is 6.52. The van der Waals surface area contributed by atoms with Crippen molar-refractivity contribution in [3.63, 3.8) is 0 Å². The first-order valence-electron chi connectivity index (χ1n) is 7.73. The molecule has 1 amide bonds. The van der Waals surface area contributed by atoms with E-state index in [0.29, 0.717) is 22.0 Å². The van der Waals surface area contributed by atoms with Gasteiger partial charge in [0, 0.05) is 38.8 Å². The van der Waals surface area contributed by atoms with Gasteiger partial charge in [0.05, 0.1) is 23.4 Å². The van der Waals surface area contributed by atoms with Gasteiger partial charge in [-0.15, -0.1) is 0 Å². The van der Waals surface area contributed by atoms with Crippen LogP contribution in [0.15, 0.2) is 12.1 Å². The van der Waals surface area contributed by atoms with E-state index in [-0.39, 0.29) is 5.91 Å². The molecule has 6 heteroatoms. The van der Waals surface area contributed by atoms with Gasteiger partial charge in [0.15, 0.2) is 0 Å². The van der Waals surface area contributed by atoms with Crippen molar-refractivity contribution < 1.29 is 9.53 Å². The van der Waals surface area contributed by atoms with Crippen LogP contribution in [0.3, 0.4) is 0 Å². The van der Waals surface area contributed by atoms with E-state index in [1.54, 1.807) is 12.1 Å². The fourth-order valence-electron chi connectivity index (χ4n) is 2.87. The van der Waals surface area contributed by atoms with Gasteiger partial charge in [-0.05, 0) is 24.8 Å². The zero-order valence-corrected chi connectivity index (χ0v) is 13.6. The van der Waals surface area contributed by atoms with Crippen LogP contribution < -0.4 is 10.5 Å². The van der Waals surface area contributed by atoms with E-state index >= 15 is 0 Å². The summed E-state index contributed by atoms with van der Waals surface area (Å²) in [5.74, 6) is 1.33. The Kier molecular flexibility index (Phi) is 4.45. The highest BCUT2D eigenvalue weighted by atomic mass is 35.5. The topological polar surface area (TPSA) is 58.8 Å². The SMILES string of the molecule is COc1cc(N)c(Cl)cc1C(=O)N1CCN(CC2CC2)CC1. The first kappa shape index (κ1) is 15.4. The number of amides is 1. The molecule has 1 saturated heterocycles. The molecule has 5 nitrogen and oxygen atoms in total. The number of piperazine rings is 1. The first-order chi connectivity index (χ1) is 10.6. The number of halogens is 1. The van der Waals surface area contributed by atoms with E-state index in [1.807, 2.05) is 4.90 Å². The zero-order valence-electron chi connectivity index (χ0n) is 12.8. The number of carbonyl (C=O) groups is 1. The number of benzene rings is 1. The minimum absolute atomic E-state index is 0.0372. The lowest BCUT2D eigenvalue weighted by molar-refractivity contribution is 0.0629. The van der Waals surface area contributed by atoms with Crippen LogP contribution in [0.2, 0.25) is 5.02 Å².